The van der Waals surface area contributed by atoms with Gasteiger partial charge in [-0.1, -0.05) is 12.1 Å². The molecular weight excluding hydrogens is 361 g/mol. The summed E-state index contributed by atoms with van der Waals surface area (Å²) < 4.78 is 48.4. The number of halogens is 3. The summed E-state index contributed by atoms with van der Waals surface area (Å²) in [6, 6.07) is 11.1. The van der Waals surface area contributed by atoms with E-state index >= 15 is 0 Å². The normalized spacial score (nSPS) is 11.9. The zero-order valence-corrected chi connectivity index (χ0v) is 14.2. The lowest BCUT2D eigenvalue weighted by Crippen LogP contribution is -2.16. The molecule has 0 atom stereocenters. The fourth-order valence-electron chi connectivity index (χ4n) is 2.37. The van der Waals surface area contributed by atoms with E-state index in [1.54, 1.807) is 24.3 Å². The lowest BCUT2D eigenvalue weighted by Gasteiger charge is -2.05. The van der Waals surface area contributed by atoms with Gasteiger partial charge in [0, 0.05) is 5.39 Å². The topological polar surface area (TPSA) is 63.8 Å². The van der Waals surface area contributed by atoms with Crippen molar-refractivity contribution in [3.8, 4) is 5.75 Å². The summed E-state index contributed by atoms with van der Waals surface area (Å²) in [4.78, 5) is 12.1. The molecule has 8 heteroatoms. The maximum absolute atomic E-state index is 12.5. The van der Waals surface area contributed by atoms with Crippen LogP contribution in [0.1, 0.15) is 28.6 Å². The average molecular weight is 376 g/mol. The highest BCUT2D eigenvalue weighted by Crippen LogP contribution is 2.29. The molecular formula is C19H15F3N2O3. The molecule has 3 rings (SSSR count). The Kier molecular flexibility index (Phi) is 5.16. The number of alkyl halides is 3. The van der Waals surface area contributed by atoms with Crippen LogP contribution in [0.2, 0.25) is 0 Å². The first-order chi connectivity index (χ1) is 12.9. The van der Waals surface area contributed by atoms with Crippen LogP contribution >= 0.6 is 0 Å². The Morgan fingerprint density at radius 1 is 1.19 bits per heavy atom. The lowest BCUT2D eigenvalue weighted by atomic mass is 10.1. The van der Waals surface area contributed by atoms with Gasteiger partial charge in [-0.25, -0.2) is 5.43 Å². The maximum atomic E-state index is 12.5. The summed E-state index contributed by atoms with van der Waals surface area (Å²) in [5.74, 6) is 0.147. The fraction of sp³-hybridized carbons (Fsp3) is 0.158. The standard InChI is InChI=1S/C19H15F3N2O3/c1-2-26-15-7-8-16-13(9-15)10-17(27-16)18(25)24-23-11-12-3-5-14(6-4-12)19(20,21)22/h3-11H,2H2,1H3,(H,24,25)/b23-11+. The zero-order chi connectivity index (χ0) is 19.4. The van der Waals surface area contributed by atoms with Crippen LogP contribution < -0.4 is 10.2 Å². The summed E-state index contributed by atoms with van der Waals surface area (Å²) in [6.45, 7) is 2.39. The first-order valence-corrected chi connectivity index (χ1v) is 8.04. The molecule has 1 aromatic heterocycles. The average Bonchev–Trinajstić information content (AvgIpc) is 3.05. The van der Waals surface area contributed by atoms with Crippen LogP contribution in [0.3, 0.4) is 0 Å². The Labute approximate surface area is 152 Å². The van der Waals surface area contributed by atoms with Crippen molar-refractivity contribution < 1.29 is 27.1 Å². The molecule has 0 fully saturated rings. The monoisotopic (exact) mass is 376 g/mol. The lowest BCUT2D eigenvalue weighted by molar-refractivity contribution is -0.137. The van der Waals surface area contributed by atoms with E-state index in [2.05, 4.69) is 10.5 Å². The molecule has 1 heterocycles. The van der Waals surface area contributed by atoms with Crippen molar-refractivity contribution in [2.75, 3.05) is 6.61 Å². The van der Waals surface area contributed by atoms with Gasteiger partial charge >= 0.3 is 12.1 Å². The van der Waals surface area contributed by atoms with Crippen molar-refractivity contribution in [3.05, 3.63) is 65.4 Å². The van der Waals surface area contributed by atoms with E-state index in [1.807, 2.05) is 6.92 Å². The van der Waals surface area contributed by atoms with E-state index in [1.165, 1.54) is 18.3 Å². The van der Waals surface area contributed by atoms with Gasteiger partial charge < -0.3 is 9.15 Å². The van der Waals surface area contributed by atoms with E-state index in [0.717, 1.165) is 12.1 Å². The summed E-state index contributed by atoms with van der Waals surface area (Å²) >= 11 is 0. The van der Waals surface area contributed by atoms with Crippen LogP contribution in [0.4, 0.5) is 13.2 Å². The van der Waals surface area contributed by atoms with Crippen molar-refractivity contribution in [2.24, 2.45) is 5.10 Å². The number of rotatable bonds is 5. The number of benzene rings is 2. The van der Waals surface area contributed by atoms with Gasteiger partial charge in [0.25, 0.3) is 0 Å². The number of nitrogens with zero attached hydrogens (tertiary/aromatic N) is 1. The third-order valence-electron chi connectivity index (χ3n) is 3.64. The van der Waals surface area contributed by atoms with Gasteiger partial charge in [-0.2, -0.15) is 18.3 Å². The van der Waals surface area contributed by atoms with Crippen LogP contribution in [0.25, 0.3) is 11.0 Å². The molecule has 0 radical (unpaired) electrons. The van der Waals surface area contributed by atoms with Crippen molar-refractivity contribution in [3.63, 3.8) is 0 Å². The van der Waals surface area contributed by atoms with Crippen molar-refractivity contribution in [1.29, 1.82) is 0 Å². The Balaban J connectivity index is 1.66. The number of ether oxygens (including phenoxy) is 1. The number of hydrazone groups is 1. The molecule has 0 aliphatic rings. The number of hydrogen-bond donors (Lipinski definition) is 1. The van der Waals surface area contributed by atoms with Crippen molar-refractivity contribution in [1.82, 2.24) is 5.43 Å². The molecule has 140 valence electrons. The Bertz CT molecular complexity index is 976. The summed E-state index contributed by atoms with van der Waals surface area (Å²) in [5.41, 5.74) is 2.46. The number of carbonyl (C=O) groups is 1. The molecule has 0 bridgehead atoms. The quantitative estimate of drug-likeness (QED) is 0.522. The summed E-state index contributed by atoms with van der Waals surface area (Å²) in [7, 11) is 0. The van der Waals surface area contributed by atoms with E-state index < -0.39 is 17.6 Å². The van der Waals surface area contributed by atoms with Crippen molar-refractivity contribution in [2.45, 2.75) is 13.1 Å². The molecule has 27 heavy (non-hydrogen) atoms. The van der Waals surface area contributed by atoms with Gasteiger partial charge in [-0.15, -0.1) is 0 Å². The van der Waals surface area contributed by atoms with Crippen LogP contribution in [-0.4, -0.2) is 18.7 Å². The van der Waals surface area contributed by atoms with Gasteiger partial charge in [0.1, 0.15) is 11.3 Å². The minimum absolute atomic E-state index is 0.0585. The molecule has 1 amide bonds. The Morgan fingerprint density at radius 3 is 2.59 bits per heavy atom. The smallest absolute Gasteiger partial charge is 0.416 e. The van der Waals surface area contributed by atoms with E-state index in [4.69, 9.17) is 9.15 Å². The van der Waals surface area contributed by atoms with Gasteiger partial charge in [-0.3, -0.25) is 4.79 Å². The van der Waals surface area contributed by atoms with Crippen LogP contribution in [0.5, 0.6) is 5.75 Å². The largest absolute Gasteiger partial charge is 0.494 e. The number of hydrogen-bond acceptors (Lipinski definition) is 4. The van der Waals surface area contributed by atoms with Crippen molar-refractivity contribution >= 4 is 23.1 Å². The Morgan fingerprint density at radius 2 is 1.93 bits per heavy atom. The minimum Gasteiger partial charge on any atom is -0.494 e. The number of amides is 1. The van der Waals surface area contributed by atoms with Gasteiger partial charge in [0.05, 0.1) is 18.4 Å². The van der Waals surface area contributed by atoms with Gasteiger partial charge in [-0.05, 0) is 48.9 Å². The van der Waals surface area contributed by atoms with Gasteiger partial charge in [0.2, 0.25) is 0 Å². The number of furan rings is 1. The minimum atomic E-state index is -4.40. The summed E-state index contributed by atoms with van der Waals surface area (Å²) in [6.07, 6.45) is -3.15. The van der Waals surface area contributed by atoms with E-state index in [0.29, 0.717) is 28.9 Å². The van der Waals surface area contributed by atoms with E-state index in [-0.39, 0.29) is 5.76 Å². The molecule has 0 unspecified atom stereocenters. The first-order valence-electron chi connectivity index (χ1n) is 8.04. The van der Waals surface area contributed by atoms with Crippen LogP contribution in [-0.2, 0) is 6.18 Å². The molecule has 0 saturated heterocycles. The highest BCUT2D eigenvalue weighted by atomic mass is 19.4. The Hall–Kier alpha value is -3.29. The number of nitrogens with one attached hydrogen (secondary N) is 1. The van der Waals surface area contributed by atoms with Crippen LogP contribution in [0.15, 0.2) is 58.0 Å². The molecule has 5 nitrogen and oxygen atoms in total. The predicted octanol–water partition coefficient (Wildman–Crippen LogP) is 4.61. The fourth-order valence-corrected chi connectivity index (χ4v) is 2.37. The maximum Gasteiger partial charge on any atom is 0.416 e. The second-order valence-corrected chi connectivity index (χ2v) is 5.56. The highest BCUT2D eigenvalue weighted by molar-refractivity contribution is 5.96. The molecule has 0 saturated carbocycles. The predicted molar refractivity (Wildman–Crippen MR) is 93.9 cm³/mol. The highest BCUT2D eigenvalue weighted by Gasteiger charge is 2.29. The molecule has 3 aromatic rings. The molecule has 0 spiro atoms. The molecule has 2 aromatic carbocycles. The number of carbonyl (C=O) groups excluding carboxylic acids is 1. The van der Waals surface area contributed by atoms with Gasteiger partial charge in [0.15, 0.2) is 5.76 Å². The second-order valence-electron chi connectivity index (χ2n) is 5.56. The third kappa shape index (κ3) is 4.46. The number of fused-ring (bicyclic) bond motifs is 1. The first kappa shape index (κ1) is 18.5. The SMILES string of the molecule is CCOc1ccc2oc(C(=O)N/N=C/c3ccc(C(F)(F)F)cc3)cc2c1. The third-order valence-corrected chi connectivity index (χ3v) is 3.64. The second kappa shape index (κ2) is 7.53. The molecule has 1 N–H and O–H groups in total. The van der Waals surface area contributed by atoms with E-state index in [9.17, 15) is 18.0 Å². The zero-order valence-electron chi connectivity index (χ0n) is 14.2. The molecule has 0 aliphatic carbocycles. The molecule has 0 aliphatic heterocycles. The van der Waals surface area contributed by atoms with Crippen LogP contribution in [0, 0.1) is 0 Å². The summed E-state index contributed by atoms with van der Waals surface area (Å²) in [5, 5.41) is 4.44.